The highest BCUT2D eigenvalue weighted by Crippen LogP contribution is 2.52. The van der Waals surface area contributed by atoms with Crippen molar-refractivity contribution in [3.8, 4) is 0 Å². The summed E-state index contributed by atoms with van der Waals surface area (Å²) >= 11 is 0. The lowest BCUT2D eigenvalue weighted by atomic mass is 10.4. The average molecular weight is 331 g/mol. The van der Waals surface area contributed by atoms with Crippen molar-refractivity contribution < 1.29 is 0 Å². The molecule has 2 aromatic heterocycles. The monoisotopic (exact) mass is 331 g/mol. The summed E-state index contributed by atoms with van der Waals surface area (Å²) in [6, 6.07) is 27.9. The molecule has 4 rings (SSSR count). The van der Waals surface area contributed by atoms with E-state index < -0.39 is 7.26 Å². The Labute approximate surface area is 143 Å². The molecule has 0 amide bonds. The Hall–Kier alpha value is -2.44. The van der Waals surface area contributed by atoms with Gasteiger partial charge in [-0.2, -0.15) is 0 Å². The highest BCUT2D eigenvalue weighted by Gasteiger charge is 2.44. The van der Waals surface area contributed by atoms with Crippen LogP contribution in [0.3, 0.4) is 0 Å². The first kappa shape index (κ1) is 15.1. The van der Waals surface area contributed by atoms with E-state index in [2.05, 4.69) is 97.0 Å². The number of hydrogen-bond donors (Lipinski definition) is 0. The Balaban J connectivity index is 2.09. The Morgan fingerprint density at radius 2 is 1.29 bits per heavy atom. The number of benzene rings is 2. The molecule has 0 unspecified atom stereocenters. The number of pyridine rings is 1. The molecule has 0 aliphatic carbocycles. The van der Waals surface area contributed by atoms with Gasteiger partial charge in [-0.1, -0.05) is 42.5 Å². The summed E-state index contributed by atoms with van der Waals surface area (Å²) in [4.78, 5) is 4.82. The molecule has 4 aromatic rings. The summed E-state index contributed by atoms with van der Waals surface area (Å²) in [5.74, 6) is 0. The van der Waals surface area contributed by atoms with Crippen molar-refractivity contribution in [1.29, 1.82) is 0 Å². The van der Waals surface area contributed by atoms with Gasteiger partial charge >= 0.3 is 0 Å². The van der Waals surface area contributed by atoms with Crippen LogP contribution >= 0.6 is 7.26 Å². The fourth-order valence-corrected chi connectivity index (χ4v) is 7.11. The molecular formula is C21H20N2P+. The molecule has 0 atom stereocenters. The summed E-state index contributed by atoms with van der Waals surface area (Å²) in [6.45, 7) is 4.54. The van der Waals surface area contributed by atoms with E-state index >= 15 is 0 Å². The van der Waals surface area contributed by atoms with Crippen molar-refractivity contribution in [2.75, 3.05) is 6.66 Å². The molecule has 0 bridgehead atoms. The molecule has 0 saturated carbocycles. The number of imidazole rings is 1. The predicted octanol–water partition coefficient (Wildman–Crippen LogP) is 3.57. The van der Waals surface area contributed by atoms with E-state index in [9.17, 15) is 0 Å². The van der Waals surface area contributed by atoms with Gasteiger partial charge in [0.25, 0.3) is 0 Å². The molecule has 2 aromatic carbocycles. The van der Waals surface area contributed by atoms with Gasteiger partial charge in [-0.25, -0.2) is 4.98 Å². The van der Waals surface area contributed by atoms with Crippen LogP contribution < -0.4 is 16.0 Å². The number of fused-ring (bicyclic) bond motifs is 1. The second-order valence-corrected chi connectivity index (χ2v) is 9.60. The van der Waals surface area contributed by atoms with E-state index in [1.54, 1.807) is 0 Å². The van der Waals surface area contributed by atoms with Crippen molar-refractivity contribution in [2.45, 2.75) is 6.92 Å². The third-order valence-corrected chi connectivity index (χ3v) is 8.69. The first-order valence-electron chi connectivity index (χ1n) is 8.13. The van der Waals surface area contributed by atoms with Crippen LogP contribution in [0.2, 0.25) is 0 Å². The van der Waals surface area contributed by atoms with Crippen molar-refractivity contribution >= 4 is 29.0 Å². The lowest BCUT2D eigenvalue weighted by molar-refractivity contribution is 1.22. The van der Waals surface area contributed by atoms with Gasteiger partial charge in [0.05, 0.1) is 6.66 Å². The smallest absolute Gasteiger partial charge is 0.200 e. The zero-order valence-corrected chi connectivity index (χ0v) is 14.8. The molecular weight excluding hydrogens is 311 g/mol. The molecule has 0 fully saturated rings. The van der Waals surface area contributed by atoms with Crippen LogP contribution in [-0.2, 0) is 0 Å². The SMILES string of the molecule is Cc1nc2ccccn2c1[P+](C)(c1ccccc1)c1ccccc1. The molecule has 0 saturated heterocycles. The maximum atomic E-state index is 4.82. The van der Waals surface area contributed by atoms with Crippen LogP contribution in [0.25, 0.3) is 5.65 Å². The van der Waals surface area contributed by atoms with E-state index in [0.717, 1.165) is 11.3 Å². The third kappa shape index (κ3) is 2.26. The Kier molecular flexibility index (Phi) is 3.70. The van der Waals surface area contributed by atoms with Crippen LogP contribution in [0.4, 0.5) is 0 Å². The molecule has 0 N–H and O–H groups in total. The number of aromatic nitrogens is 2. The minimum absolute atomic E-state index is 1.02. The summed E-state index contributed by atoms with van der Waals surface area (Å²) in [5.41, 5.74) is 3.46. The van der Waals surface area contributed by atoms with Gasteiger partial charge in [0.15, 0.2) is 0 Å². The minimum Gasteiger partial charge on any atom is -0.270 e. The molecule has 0 aliphatic rings. The van der Waals surface area contributed by atoms with E-state index in [1.807, 2.05) is 6.07 Å². The maximum Gasteiger partial charge on any atom is 0.200 e. The van der Waals surface area contributed by atoms with E-state index in [4.69, 9.17) is 4.98 Å². The third-order valence-electron chi connectivity index (χ3n) is 4.64. The van der Waals surface area contributed by atoms with Crippen LogP contribution in [0.1, 0.15) is 5.69 Å². The average Bonchev–Trinajstić information content (AvgIpc) is 2.99. The summed E-state index contributed by atoms with van der Waals surface area (Å²) in [5, 5.41) is 2.76. The van der Waals surface area contributed by atoms with Crippen molar-refractivity contribution in [3.63, 3.8) is 0 Å². The maximum absolute atomic E-state index is 4.82. The standard InChI is InChI=1S/C21H20N2P/c1-17-21(23-16-10-9-15-20(23)22-17)24(2,18-11-5-3-6-12-18)19-13-7-4-8-14-19/h3-16H,1-2H3/q+1. The largest absolute Gasteiger partial charge is 0.270 e. The molecule has 0 radical (unpaired) electrons. The number of aryl methyl sites for hydroxylation is 1. The highest BCUT2D eigenvalue weighted by atomic mass is 31.2. The molecule has 0 spiro atoms. The number of nitrogens with zero attached hydrogens (tertiary/aromatic N) is 2. The van der Waals surface area contributed by atoms with Crippen LogP contribution in [-0.4, -0.2) is 16.0 Å². The topological polar surface area (TPSA) is 17.3 Å². The van der Waals surface area contributed by atoms with Crippen LogP contribution in [0.15, 0.2) is 85.1 Å². The molecule has 3 heteroatoms. The lowest BCUT2D eigenvalue weighted by Gasteiger charge is -2.23. The Morgan fingerprint density at radius 3 is 1.88 bits per heavy atom. The second-order valence-electron chi connectivity index (χ2n) is 6.13. The first-order valence-corrected chi connectivity index (χ1v) is 10.4. The highest BCUT2D eigenvalue weighted by molar-refractivity contribution is 7.95. The number of rotatable bonds is 3. The van der Waals surface area contributed by atoms with Gasteiger partial charge in [0, 0.05) is 6.20 Å². The van der Waals surface area contributed by atoms with Gasteiger partial charge < -0.3 is 0 Å². The zero-order valence-electron chi connectivity index (χ0n) is 13.9. The van der Waals surface area contributed by atoms with E-state index in [0.29, 0.717) is 0 Å². The van der Waals surface area contributed by atoms with Crippen LogP contribution in [0.5, 0.6) is 0 Å². The Morgan fingerprint density at radius 1 is 0.750 bits per heavy atom. The quantitative estimate of drug-likeness (QED) is 0.525. The Bertz CT molecular complexity index is 935. The molecule has 2 nitrogen and oxygen atoms in total. The van der Waals surface area contributed by atoms with E-state index in [1.165, 1.54) is 16.0 Å². The van der Waals surface area contributed by atoms with Gasteiger partial charge in [-0.05, 0) is 43.3 Å². The first-order chi connectivity index (χ1) is 11.7. The van der Waals surface area contributed by atoms with Gasteiger partial charge in [-0.3, -0.25) is 4.40 Å². The molecule has 24 heavy (non-hydrogen) atoms. The molecule has 2 heterocycles. The minimum atomic E-state index is -1.76. The fourth-order valence-electron chi connectivity index (χ4n) is 3.49. The molecule has 0 aliphatic heterocycles. The van der Waals surface area contributed by atoms with Crippen molar-refractivity contribution in [2.24, 2.45) is 0 Å². The summed E-state index contributed by atoms with van der Waals surface area (Å²) in [7, 11) is -1.76. The van der Waals surface area contributed by atoms with Gasteiger partial charge in [0.1, 0.15) is 29.2 Å². The van der Waals surface area contributed by atoms with Gasteiger partial charge in [-0.15, -0.1) is 0 Å². The zero-order chi connectivity index (χ0) is 16.6. The lowest BCUT2D eigenvalue weighted by Crippen LogP contribution is -2.33. The second kappa shape index (κ2) is 5.89. The molecule has 118 valence electrons. The van der Waals surface area contributed by atoms with E-state index in [-0.39, 0.29) is 0 Å². The van der Waals surface area contributed by atoms with Crippen molar-refractivity contribution in [3.05, 3.63) is 90.8 Å². The van der Waals surface area contributed by atoms with Crippen molar-refractivity contribution in [1.82, 2.24) is 9.38 Å². The fraction of sp³-hybridized carbons (Fsp3) is 0.0952. The number of hydrogen-bond acceptors (Lipinski definition) is 1. The predicted molar refractivity (Wildman–Crippen MR) is 105 cm³/mol. The van der Waals surface area contributed by atoms with Gasteiger partial charge in [0.2, 0.25) is 5.44 Å². The van der Waals surface area contributed by atoms with Crippen LogP contribution in [0, 0.1) is 6.92 Å². The normalized spacial score (nSPS) is 11.8. The summed E-state index contributed by atoms with van der Waals surface area (Å²) in [6.07, 6.45) is 2.13. The summed E-state index contributed by atoms with van der Waals surface area (Å²) < 4.78 is 2.27.